The van der Waals surface area contributed by atoms with E-state index in [1.807, 2.05) is 17.7 Å². The van der Waals surface area contributed by atoms with Gasteiger partial charge in [0.2, 0.25) is 11.8 Å². The van der Waals surface area contributed by atoms with E-state index in [1.165, 1.54) is 40.8 Å². The number of halogens is 1. The Morgan fingerprint density at radius 2 is 1.89 bits per heavy atom. The number of aryl methyl sites for hydroxylation is 1. The Kier molecular flexibility index (Phi) is 9.06. The number of rotatable bonds is 10. The van der Waals surface area contributed by atoms with Gasteiger partial charge in [-0.3, -0.25) is 14.4 Å². The molecule has 2 N–H and O–H groups in total. The molecule has 0 aliphatic carbocycles. The second-order valence-electron chi connectivity index (χ2n) is 9.31. The second kappa shape index (κ2) is 12.2. The van der Waals surface area contributed by atoms with Gasteiger partial charge in [-0.2, -0.15) is 0 Å². The van der Waals surface area contributed by atoms with Crippen LogP contribution in [0.4, 0.5) is 14.9 Å². The summed E-state index contributed by atoms with van der Waals surface area (Å²) in [5.41, 5.74) is 1.23. The second-order valence-corrected chi connectivity index (χ2v) is 9.31. The number of hydrogen-bond donors (Lipinski definition) is 2. The molecule has 2 heterocycles. The standard InChI is InChI=1S/C27H32FN5O5/c1-30(2)24(34)10-6-5-8-18(16-31(3)27(37)38)25(35)29-22-9-7-13-33(26(22)36)17-21-15-19-14-20(28)11-12-23(19)32(21)4/h6-7,9-15,18H,5,8,16-17H2,1-4H3,(H,29,35)(H,37,38)/b10-6+/t18-/m0/s1. The van der Waals surface area contributed by atoms with Crippen LogP contribution in [0.15, 0.2) is 59.5 Å². The van der Waals surface area contributed by atoms with Crippen LogP contribution in [0.1, 0.15) is 18.5 Å². The lowest BCUT2D eigenvalue weighted by Crippen LogP contribution is -2.37. The van der Waals surface area contributed by atoms with Gasteiger partial charge in [0.25, 0.3) is 5.56 Å². The van der Waals surface area contributed by atoms with Gasteiger partial charge in [-0.1, -0.05) is 6.08 Å². The highest BCUT2D eigenvalue weighted by Crippen LogP contribution is 2.20. The van der Waals surface area contributed by atoms with E-state index in [4.69, 9.17) is 0 Å². The molecule has 11 heteroatoms. The van der Waals surface area contributed by atoms with Gasteiger partial charge < -0.3 is 29.4 Å². The van der Waals surface area contributed by atoms with Gasteiger partial charge in [0, 0.05) is 57.5 Å². The number of likely N-dealkylation sites (N-methyl/N-ethyl adjacent to an activating group) is 1. The summed E-state index contributed by atoms with van der Waals surface area (Å²) < 4.78 is 16.9. The molecule has 202 valence electrons. The normalized spacial score (nSPS) is 12.0. The van der Waals surface area contributed by atoms with Gasteiger partial charge in [-0.25, -0.2) is 9.18 Å². The molecule has 2 aromatic heterocycles. The number of amides is 3. The number of fused-ring (bicyclic) bond motifs is 1. The summed E-state index contributed by atoms with van der Waals surface area (Å²) in [6.07, 6.45) is 4.08. The number of anilines is 1. The minimum absolute atomic E-state index is 0.0589. The van der Waals surface area contributed by atoms with Gasteiger partial charge >= 0.3 is 6.09 Å². The highest BCUT2D eigenvalue weighted by Gasteiger charge is 2.23. The molecule has 3 aromatic rings. The number of nitrogens with one attached hydrogen (secondary N) is 1. The molecule has 0 saturated carbocycles. The predicted molar refractivity (Wildman–Crippen MR) is 143 cm³/mol. The summed E-state index contributed by atoms with van der Waals surface area (Å²) in [7, 11) is 6.43. The molecule has 0 saturated heterocycles. The Morgan fingerprint density at radius 3 is 2.58 bits per heavy atom. The van der Waals surface area contributed by atoms with Gasteiger partial charge in [0.1, 0.15) is 11.5 Å². The molecule has 38 heavy (non-hydrogen) atoms. The number of aromatic nitrogens is 2. The lowest BCUT2D eigenvalue weighted by Gasteiger charge is -2.21. The minimum Gasteiger partial charge on any atom is -0.465 e. The van der Waals surface area contributed by atoms with Crippen molar-refractivity contribution in [2.45, 2.75) is 19.4 Å². The van der Waals surface area contributed by atoms with Crippen molar-refractivity contribution >= 4 is 34.5 Å². The lowest BCUT2D eigenvalue weighted by atomic mass is 10.0. The first kappa shape index (κ1) is 28.2. The number of nitrogens with zero attached hydrogens (tertiary/aromatic N) is 4. The number of benzene rings is 1. The van der Waals surface area contributed by atoms with Gasteiger partial charge in [0.05, 0.1) is 12.5 Å². The molecule has 0 aliphatic rings. The van der Waals surface area contributed by atoms with E-state index in [1.54, 1.807) is 38.5 Å². The fourth-order valence-corrected chi connectivity index (χ4v) is 4.04. The van der Waals surface area contributed by atoms with Crippen LogP contribution in [0.2, 0.25) is 0 Å². The highest BCUT2D eigenvalue weighted by molar-refractivity contribution is 5.92. The van der Waals surface area contributed by atoms with Crippen LogP contribution < -0.4 is 10.9 Å². The Balaban J connectivity index is 1.78. The van der Waals surface area contributed by atoms with Crippen LogP contribution in [0.25, 0.3) is 10.9 Å². The van der Waals surface area contributed by atoms with E-state index < -0.39 is 23.5 Å². The van der Waals surface area contributed by atoms with Crippen molar-refractivity contribution in [3.05, 3.63) is 76.6 Å². The fourth-order valence-electron chi connectivity index (χ4n) is 4.04. The monoisotopic (exact) mass is 525 g/mol. The third-order valence-electron chi connectivity index (χ3n) is 6.29. The summed E-state index contributed by atoms with van der Waals surface area (Å²) in [6, 6.07) is 9.41. The van der Waals surface area contributed by atoms with Gasteiger partial charge in [-0.15, -0.1) is 0 Å². The van der Waals surface area contributed by atoms with Gasteiger partial charge in [-0.05, 0) is 55.3 Å². The number of carbonyl (C=O) groups is 3. The van der Waals surface area contributed by atoms with Crippen LogP contribution in [0.3, 0.4) is 0 Å². The average Bonchev–Trinajstić information content (AvgIpc) is 3.16. The Labute approximate surface area is 219 Å². The summed E-state index contributed by atoms with van der Waals surface area (Å²) >= 11 is 0. The lowest BCUT2D eigenvalue weighted by molar-refractivity contribution is -0.123. The Morgan fingerprint density at radius 1 is 1.16 bits per heavy atom. The molecule has 3 amide bonds. The summed E-state index contributed by atoms with van der Waals surface area (Å²) in [4.78, 5) is 51.8. The number of hydrogen-bond acceptors (Lipinski definition) is 4. The first-order valence-corrected chi connectivity index (χ1v) is 12.0. The molecule has 10 nitrogen and oxygen atoms in total. The molecular weight excluding hydrogens is 493 g/mol. The maximum Gasteiger partial charge on any atom is 0.407 e. The number of carboxylic acid groups (broad SMARTS) is 1. The van der Waals surface area contributed by atoms with E-state index in [2.05, 4.69) is 5.32 Å². The van der Waals surface area contributed by atoms with Crippen LogP contribution in [-0.2, 0) is 23.2 Å². The van der Waals surface area contributed by atoms with Crippen molar-refractivity contribution in [3.8, 4) is 0 Å². The van der Waals surface area contributed by atoms with Crippen LogP contribution in [0.5, 0.6) is 0 Å². The maximum atomic E-state index is 13.6. The number of pyridine rings is 1. The largest absolute Gasteiger partial charge is 0.465 e. The van der Waals surface area contributed by atoms with E-state index in [-0.39, 0.29) is 36.9 Å². The summed E-state index contributed by atoms with van der Waals surface area (Å²) in [6.45, 7) is 0.120. The first-order chi connectivity index (χ1) is 18.0. The van der Waals surface area contributed by atoms with E-state index in [0.717, 1.165) is 16.1 Å². The van der Waals surface area contributed by atoms with E-state index in [0.29, 0.717) is 11.8 Å². The zero-order valence-corrected chi connectivity index (χ0v) is 21.8. The van der Waals surface area contributed by atoms with E-state index in [9.17, 15) is 28.7 Å². The molecule has 0 radical (unpaired) electrons. The minimum atomic E-state index is -1.18. The summed E-state index contributed by atoms with van der Waals surface area (Å²) in [5.74, 6) is -1.80. The molecule has 0 fully saturated rings. The summed E-state index contributed by atoms with van der Waals surface area (Å²) in [5, 5.41) is 12.6. The third-order valence-corrected chi connectivity index (χ3v) is 6.29. The molecule has 1 aromatic carbocycles. The SMILES string of the molecule is CN(C)C(=O)/C=C/CC[C@@H](CN(C)C(=O)O)C(=O)Nc1cccn(Cc2cc3cc(F)ccc3n2C)c1=O. The molecule has 0 bridgehead atoms. The molecule has 0 unspecified atom stereocenters. The first-order valence-electron chi connectivity index (χ1n) is 12.0. The van der Waals surface area contributed by atoms with Gasteiger partial charge in [0.15, 0.2) is 0 Å². The van der Waals surface area contributed by atoms with Crippen LogP contribution in [0, 0.1) is 11.7 Å². The number of carbonyl (C=O) groups excluding carboxylic acids is 2. The van der Waals surface area contributed by atoms with Crippen LogP contribution in [-0.4, -0.2) is 69.6 Å². The quantitative estimate of drug-likeness (QED) is 0.395. The zero-order chi connectivity index (χ0) is 28.0. The van der Waals surface area contributed by atoms with E-state index >= 15 is 0 Å². The Hall–Kier alpha value is -4.41. The molecule has 3 rings (SSSR count). The third kappa shape index (κ3) is 6.87. The highest BCUT2D eigenvalue weighted by atomic mass is 19.1. The molecule has 0 aliphatic heterocycles. The number of allylic oxidation sites excluding steroid dienone is 1. The average molecular weight is 526 g/mol. The van der Waals surface area contributed by atoms with Crippen molar-refractivity contribution in [3.63, 3.8) is 0 Å². The fraction of sp³-hybridized carbons (Fsp3) is 0.333. The van der Waals surface area contributed by atoms with Crippen LogP contribution >= 0.6 is 0 Å². The van der Waals surface area contributed by atoms with Crippen molar-refractivity contribution in [2.24, 2.45) is 13.0 Å². The van der Waals surface area contributed by atoms with Crippen molar-refractivity contribution in [1.82, 2.24) is 18.9 Å². The molecule has 1 atom stereocenters. The maximum absolute atomic E-state index is 13.6. The zero-order valence-electron chi connectivity index (χ0n) is 21.8. The molecular formula is C27H32FN5O5. The molecule has 0 spiro atoms. The topological polar surface area (TPSA) is 117 Å². The predicted octanol–water partition coefficient (Wildman–Crippen LogP) is 3.12. The van der Waals surface area contributed by atoms with Crippen molar-refractivity contribution in [2.75, 3.05) is 33.0 Å². The van der Waals surface area contributed by atoms with Crippen molar-refractivity contribution < 1.29 is 23.9 Å². The Bertz CT molecular complexity index is 1420. The van der Waals surface area contributed by atoms with Crippen molar-refractivity contribution in [1.29, 1.82) is 0 Å². The smallest absolute Gasteiger partial charge is 0.407 e.